The summed E-state index contributed by atoms with van der Waals surface area (Å²) in [6.07, 6.45) is 0. The molecule has 1 N–H and O–H groups in total. The zero-order valence-electron chi connectivity index (χ0n) is 9.47. The molecule has 2 rings (SSSR count). The molecule has 0 aliphatic rings. The molecule has 1 aromatic heterocycles. The number of halogens is 1. The minimum absolute atomic E-state index is 0.00472. The highest BCUT2D eigenvalue weighted by molar-refractivity contribution is 5.95. The van der Waals surface area contributed by atoms with Gasteiger partial charge in [-0.2, -0.15) is 4.39 Å². The van der Waals surface area contributed by atoms with E-state index in [2.05, 4.69) is 4.42 Å². The number of benzene rings is 1. The summed E-state index contributed by atoms with van der Waals surface area (Å²) in [6.45, 7) is 1.30. The predicted octanol–water partition coefficient (Wildman–Crippen LogP) is 1.85. The van der Waals surface area contributed by atoms with Gasteiger partial charge < -0.3 is 9.52 Å². The summed E-state index contributed by atoms with van der Waals surface area (Å²) < 4.78 is 18.0. The maximum Gasteiger partial charge on any atom is 0.351 e. The molecule has 19 heavy (non-hydrogen) atoms. The van der Waals surface area contributed by atoms with E-state index in [1.807, 2.05) is 0 Å². The Kier molecular flexibility index (Phi) is 2.78. The van der Waals surface area contributed by atoms with E-state index in [1.165, 1.54) is 6.92 Å². The van der Waals surface area contributed by atoms with E-state index in [-0.39, 0.29) is 16.5 Å². The zero-order valence-corrected chi connectivity index (χ0v) is 9.47. The topological polar surface area (TPSA) is 111 Å². The molecular formula is C11H6FNO6. The number of rotatable bonds is 2. The molecule has 0 unspecified atom stereocenters. The molecule has 0 saturated carbocycles. The minimum atomic E-state index is -1.51. The molecule has 1 aromatic carbocycles. The van der Waals surface area contributed by atoms with Crippen molar-refractivity contribution in [2.75, 3.05) is 0 Å². The molecule has 8 heteroatoms. The number of nitrogens with zero attached hydrogens (tertiary/aromatic N) is 1. The highest BCUT2D eigenvalue weighted by Crippen LogP contribution is 2.27. The third kappa shape index (κ3) is 1.92. The predicted molar refractivity (Wildman–Crippen MR) is 60.8 cm³/mol. The Hall–Kier alpha value is -2.77. The van der Waals surface area contributed by atoms with Crippen LogP contribution in [-0.4, -0.2) is 16.0 Å². The molecular weight excluding hydrogens is 261 g/mol. The van der Waals surface area contributed by atoms with Gasteiger partial charge in [0.1, 0.15) is 11.1 Å². The van der Waals surface area contributed by atoms with Crippen molar-refractivity contribution in [3.8, 4) is 0 Å². The third-order valence-electron chi connectivity index (χ3n) is 2.65. The second kappa shape index (κ2) is 4.16. The van der Waals surface area contributed by atoms with Crippen molar-refractivity contribution in [3.05, 3.63) is 49.6 Å². The Bertz CT molecular complexity index is 779. The molecule has 0 bridgehead atoms. The normalized spacial score (nSPS) is 10.6. The van der Waals surface area contributed by atoms with E-state index in [0.717, 1.165) is 6.07 Å². The highest BCUT2D eigenvalue weighted by Gasteiger charge is 2.22. The zero-order chi connectivity index (χ0) is 14.3. The second-order valence-corrected chi connectivity index (χ2v) is 3.75. The van der Waals surface area contributed by atoms with Crippen LogP contribution in [0.5, 0.6) is 0 Å². The summed E-state index contributed by atoms with van der Waals surface area (Å²) in [5.41, 5.74) is -2.84. The summed E-state index contributed by atoms with van der Waals surface area (Å²) in [7, 11) is 0. The number of carboxylic acid groups (broad SMARTS) is 1. The first kappa shape index (κ1) is 12.7. The van der Waals surface area contributed by atoms with E-state index in [9.17, 15) is 24.1 Å². The van der Waals surface area contributed by atoms with Gasteiger partial charge in [-0.05, 0) is 12.5 Å². The van der Waals surface area contributed by atoms with Crippen molar-refractivity contribution in [2.45, 2.75) is 6.92 Å². The van der Waals surface area contributed by atoms with Crippen LogP contribution in [0, 0.1) is 22.9 Å². The number of carbonyl (C=O) groups is 1. The molecule has 0 aliphatic carbocycles. The van der Waals surface area contributed by atoms with E-state index in [4.69, 9.17) is 5.11 Å². The van der Waals surface area contributed by atoms with Gasteiger partial charge in [-0.15, -0.1) is 0 Å². The first-order chi connectivity index (χ1) is 8.82. The van der Waals surface area contributed by atoms with Crippen molar-refractivity contribution in [1.82, 2.24) is 0 Å². The van der Waals surface area contributed by atoms with Crippen LogP contribution >= 0.6 is 0 Å². The molecule has 0 fully saturated rings. The van der Waals surface area contributed by atoms with Gasteiger partial charge in [0.25, 0.3) is 0 Å². The standard InChI is InChI=1S/C11H6FNO6/c1-4-5-2-7(13(17)18)6(12)3-8(5)19-11(16)9(4)10(14)15/h2-3H,1H3,(H,14,15). The summed E-state index contributed by atoms with van der Waals surface area (Å²) in [5.74, 6) is -2.68. The molecule has 0 saturated heterocycles. The number of fused-ring (bicyclic) bond motifs is 1. The number of hydrogen-bond donors (Lipinski definition) is 1. The summed E-state index contributed by atoms with van der Waals surface area (Å²) in [6, 6.07) is 1.53. The lowest BCUT2D eigenvalue weighted by Gasteiger charge is -2.04. The minimum Gasteiger partial charge on any atom is -0.477 e. The first-order valence-electron chi connectivity index (χ1n) is 4.97. The fourth-order valence-corrected chi connectivity index (χ4v) is 1.75. The molecule has 98 valence electrons. The number of hydrogen-bond acceptors (Lipinski definition) is 5. The number of carboxylic acids is 1. The van der Waals surface area contributed by atoms with Crippen molar-refractivity contribution in [1.29, 1.82) is 0 Å². The van der Waals surface area contributed by atoms with Crippen molar-refractivity contribution in [3.63, 3.8) is 0 Å². The van der Waals surface area contributed by atoms with E-state index in [0.29, 0.717) is 6.07 Å². The van der Waals surface area contributed by atoms with Crippen molar-refractivity contribution < 1.29 is 23.6 Å². The van der Waals surface area contributed by atoms with Crippen molar-refractivity contribution in [2.24, 2.45) is 0 Å². The van der Waals surface area contributed by atoms with Gasteiger partial charge in [0, 0.05) is 17.5 Å². The quantitative estimate of drug-likeness (QED) is 0.505. The van der Waals surface area contributed by atoms with E-state index < -0.39 is 33.6 Å². The Balaban J connectivity index is 2.95. The Morgan fingerprint density at radius 3 is 2.63 bits per heavy atom. The van der Waals surface area contributed by atoms with Crippen LogP contribution in [0.1, 0.15) is 15.9 Å². The average molecular weight is 267 g/mol. The second-order valence-electron chi connectivity index (χ2n) is 3.75. The van der Waals surface area contributed by atoms with Crippen LogP contribution in [-0.2, 0) is 0 Å². The van der Waals surface area contributed by atoms with Gasteiger partial charge in [-0.1, -0.05) is 0 Å². The molecule has 0 atom stereocenters. The van der Waals surface area contributed by atoms with Gasteiger partial charge >= 0.3 is 17.3 Å². The van der Waals surface area contributed by atoms with Crippen LogP contribution in [0.4, 0.5) is 10.1 Å². The van der Waals surface area contributed by atoms with Crippen LogP contribution in [0.2, 0.25) is 0 Å². The summed E-state index contributed by atoms with van der Waals surface area (Å²) >= 11 is 0. The van der Waals surface area contributed by atoms with Gasteiger partial charge in [-0.3, -0.25) is 10.1 Å². The lowest BCUT2D eigenvalue weighted by Crippen LogP contribution is -2.16. The van der Waals surface area contributed by atoms with Gasteiger partial charge in [0.15, 0.2) is 0 Å². The SMILES string of the molecule is Cc1c(C(=O)O)c(=O)oc2cc(F)c([N+](=O)[O-])cc12. The maximum absolute atomic E-state index is 13.4. The number of nitro benzene ring substituents is 1. The number of aromatic carboxylic acids is 1. The molecule has 0 amide bonds. The number of aryl methyl sites for hydroxylation is 1. The lowest BCUT2D eigenvalue weighted by atomic mass is 10.1. The van der Waals surface area contributed by atoms with Gasteiger partial charge in [0.2, 0.25) is 5.82 Å². The molecule has 1 heterocycles. The monoisotopic (exact) mass is 267 g/mol. The Morgan fingerprint density at radius 1 is 1.47 bits per heavy atom. The van der Waals surface area contributed by atoms with Crippen LogP contribution in [0.3, 0.4) is 0 Å². The summed E-state index contributed by atoms with van der Waals surface area (Å²) in [4.78, 5) is 32.0. The van der Waals surface area contributed by atoms with E-state index in [1.54, 1.807) is 0 Å². The smallest absolute Gasteiger partial charge is 0.351 e. The van der Waals surface area contributed by atoms with Gasteiger partial charge in [-0.25, -0.2) is 9.59 Å². The number of nitro groups is 1. The molecule has 7 nitrogen and oxygen atoms in total. The molecule has 0 radical (unpaired) electrons. The first-order valence-corrected chi connectivity index (χ1v) is 4.97. The Morgan fingerprint density at radius 2 is 2.11 bits per heavy atom. The molecule has 2 aromatic rings. The largest absolute Gasteiger partial charge is 0.477 e. The van der Waals surface area contributed by atoms with Gasteiger partial charge in [0.05, 0.1) is 4.92 Å². The Labute approximate surface area is 104 Å². The van der Waals surface area contributed by atoms with Crippen LogP contribution in [0.25, 0.3) is 11.0 Å². The highest BCUT2D eigenvalue weighted by atomic mass is 19.1. The van der Waals surface area contributed by atoms with Crippen LogP contribution < -0.4 is 5.63 Å². The summed E-state index contributed by atoms with van der Waals surface area (Å²) in [5, 5.41) is 19.5. The van der Waals surface area contributed by atoms with E-state index >= 15 is 0 Å². The lowest BCUT2D eigenvalue weighted by molar-refractivity contribution is -0.387. The average Bonchev–Trinajstić information content (AvgIpc) is 2.26. The van der Waals surface area contributed by atoms with Crippen LogP contribution in [0.15, 0.2) is 21.3 Å². The fraction of sp³-hybridized carbons (Fsp3) is 0.0909. The fourth-order valence-electron chi connectivity index (χ4n) is 1.75. The third-order valence-corrected chi connectivity index (χ3v) is 2.65. The maximum atomic E-state index is 13.4. The molecule has 0 spiro atoms. The van der Waals surface area contributed by atoms with Crippen molar-refractivity contribution >= 4 is 22.6 Å². The molecule has 0 aliphatic heterocycles.